The molecule has 5 nitrogen and oxygen atoms in total. The summed E-state index contributed by atoms with van der Waals surface area (Å²) in [5, 5.41) is 7.89. The molecule has 2 aromatic heterocycles. The largest absolute Gasteiger partial charge is 0.361 e. The van der Waals surface area contributed by atoms with Crippen molar-refractivity contribution in [3.8, 4) is 0 Å². The van der Waals surface area contributed by atoms with Crippen LogP contribution >= 0.6 is 11.6 Å². The Morgan fingerprint density at radius 3 is 2.68 bits per heavy atom. The first-order chi connectivity index (χ1) is 13.7. The molecule has 4 rings (SSSR count). The predicted octanol–water partition coefficient (Wildman–Crippen LogP) is 4.93. The molecule has 3 N–H and O–H groups in total. The van der Waals surface area contributed by atoms with Crippen molar-refractivity contribution in [1.82, 2.24) is 15.3 Å². The van der Waals surface area contributed by atoms with E-state index in [-0.39, 0.29) is 5.91 Å². The molecule has 0 aliphatic carbocycles. The lowest BCUT2D eigenvalue weighted by Gasteiger charge is -2.08. The maximum Gasteiger partial charge on any atom is 0.252 e. The summed E-state index contributed by atoms with van der Waals surface area (Å²) in [6.45, 7) is 0.556. The van der Waals surface area contributed by atoms with E-state index in [0.717, 1.165) is 17.6 Å². The molecule has 140 valence electrons. The third kappa shape index (κ3) is 4.00. The molecule has 0 aliphatic rings. The highest BCUT2D eigenvalue weighted by Gasteiger charge is 2.08. The Kier molecular flexibility index (Phi) is 5.26. The monoisotopic (exact) mass is 390 g/mol. The van der Waals surface area contributed by atoms with Gasteiger partial charge in [0.15, 0.2) is 0 Å². The fraction of sp³-hybridized carbons (Fsp3) is 0.0909. The fourth-order valence-electron chi connectivity index (χ4n) is 3.05. The fourth-order valence-corrected chi connectivity index (χ4v) is 3.24. The quantitative estimate of drug-likeness (QED) is 0.437. The molecule has 0 atom stereocenters. The van der Waals surface area contributed by atoms with E-state index in [1.807, 2.05) is 42.6 Å². The SMILES string of the molecule is O=C(NCCc1c[nH]c2ccccc12)c1ccc(Nc2ccccc2Cl)nc1. The zero-order valence-electron chi connectivity index (χ0n) is 15.1. The Morgan fingerprint density at radius 1 is 1.04 bits per heavy atom. The Hall–Kier alpha value is -3.31. The summed E-state index contributed by atoms with van der Waals surface area (Å²) in [7, 11) is 0. The number of aromatic nitrogens is 2. The second-order valence-corrected chi connectivity index (χ2v) is 6.81. The van der Waals surface area contributed by atoms with Crippen LogP contribution in [0.1, 0.15) is 15.9 Å². The molecule has 0 bridgehead atoms. The number of halogens is 1. The normalized spacial score (nSPS) is 10.8. The molecule has 1 amide bonds. The Morgan fingerprint density at radius 2 is 1.86 bits per heavy atom. The van der Waals surface area contributed by atoms with Gasteiger partial charge < -0.3 is 15.6 Å². The standard InChI is InChI=1S/C22H19ClN4O/c23-18-6-2-4-8-20(18)27-21-10-9-16(14-26-21)22(28)24-12-11-15-13-25-19-7-3-1-5-17(15)19/h1-10,13-14,25H,11-12H2,(H,24,28)(H,26,27). The van der Waals surface area contributed by atoms with Crippen LogP contribution in [0.3, 0.4) is 0 Å². The second kappa shape index (κ2) is 8.15. The molecule has 4 aromatic rings. The van der Waals surface area contributed by atoms with Crippen LogP contribution in [0.4, 0.5) is 11.5 Å². The maximum atomic E-state index is 12.4. The van der Waals surface area contributed by atoms with Crippen molar-refractivity contribution in [1.29, 1.82) is 0 Å². The number of benzene rings is 2. The van der Waals surface area contributed by atoms with E-state index in [9.17, 15) is 4.79 Å². The van der Waals surface area contributed by atoms with Gasteiger partial charge >= 0.3 is 0 Å². The molecule has 0 fully saturated rings. The summed E-state index contributed by atoms with van der Waals surface area (Å²) in [5.41, 5.74) is 3.58. The molecule has 0 spiro atoms. The van der Waals surface area contributed by atoms with E-state index < -0.39 is 0 Å². The average Bonchev–Trinajstić information content (AvgIpc) is 3.13. The lowest BCUT2D eigenvalue weighted by molar-refractivity contribution is 0.0954. The molecule has 2 heterocycles. The zero-order valence-corrected chi connectivity index (χ0v) is 15.8. The number of carbonyl (C=O) groups excluding carboxylic acids is 1. The molecule has 0 saturated heterocycles. The molecular weight excluding hydrogens is 372 g/mol. The van der Waals surface area contributed by atoms with Gasteiger partial charge in [-0.15, -0.1) is 0 Å². The zero-order chi connectivity index (χ0) is 19.3. The summed E-state index contributed by atoms with van der Waals surface area (Å²) in [6.07, 6.45) is 4.31. The number of rotatable bonds is 6. The first-order valence-corrected chi connectivity index (χ1v) is 9.39. The minimum Gasteiger partial charge on any atom is -0.361 e. The molecule has 0 aliphatic heterocycles. The number of hydrogen-bond donors (Lipinski definition) is 3. The smallest absolute Gasteiger partial charge is 0.252 e. The van der Waals surface area contributed by atoms with Crippen LogP contribution in [0.15, 0.2) is 73.1 Å². The van der Waals surface area contributed by atoms with E-state index in [1.54, 1.807) is 24.4 Å². The van der Waals surface area contributed by atoms with Gasteiger partial charge in [-0.3, -0.25) is 4.79 Å². The summed E-state index contributed by atoms with van der Waals surface area (Å²) < 4.78 is 0. The van der Waals surface area contributed by atoms with Crippen LogP contribution in [-0.2, 0) is 6.42 Å². The maximum absolute atomic E-state index is 12.4. The van der Waals surface area contributed by atoms with Gasteiger partial charge in [-0.25, -0.2) is 4.98 Å². The number of pyridine rings is 1. The number of aromatic amines is 1. The van der Waals surface area contributed by atoms with E-state index in [0.29, 0.717) is 22.9 Å². The van der Waals surface area contributed by atoms with Crippen molar-refractivity contribution in [2.75, 3.05) is 11.9 Å². The highest BCUT2D eigenvalue weighted by molar-refractivity contribution is 6.33. The number of anilines is 2. The number of hydrogen-bond acceptors (Lipinski definition) is 3. The van der Waals surface area contributed by atoms with Crippen LogP contribution < -0.4 is 10.6 Å². The molecular formula is C22H19ClN4O. The number of amides is 1. The minimum atomic E-state index is -0.142. The van der Waals surface area contributed by atoms with E-state index in [4.69, 9.17) is 11.6 Å². The number of H-pyrrole nitrogens is 1. The van der Waals surface area contributed by atoms with Gasteiger partial charge in [-0.1, -0.05) is 41.9 Å². The predicted molar refractivity (Wildman–Crippen MR) is 113 cm³/mol. The summed E-state index contributed by atoms with van der Waals surface area (Å²) >= 11 is 6.14. The summed E-state index contributed by atoms with van der Waals surface area (Å²) in [6, 6.07) is 19.1. The van der Waals surface area contributed by atoms with Crippen molar-refractivity contribution >= 4 is 39.9 Å². The molecule has 0 unspecified atom stereocenters. The third-order valence-electron chi connectivity index (χ3n) is 4.52. The highest BCUT2D eigenvalue weighted by atomic mass is 35.5. The third-order valence-corrected chi connectivity index (χ3v) is 4.85. The summed E-state index contributed by atoms with van der Waals surface area (Å²) in [5.74, 6) is 0.486. The highest BCUT2D eigenvalue weighted by Crippen LogP contribution is 2.23. The van der Waals surface area contributed by atoms with Crippen molar-refractivity contribution < 1.29 is 4.79 Å². The molecule has 6 heteroatoms. The van der Waals surface area contributed by atoms with Gasteiger partial charge in [0.1, 0.15) is 5.82 Å². The van der Waals surface area contributed by atoms with Crippen LogP contribution in [0.5, 0.6) is 0 Å². The Labute approximate surface area is 167 Å². The van der Waals surface area contributed by atoms with Gasteiger partial charge in [0.05, 0.1) is 16.3 Å². The second-order valence-electron chi connectivity index (χ2n) is 6.40. The number of carbonyl (C=O) groups is 1. The van der Waals surface area contributed by atoms with Gasteiger partial charge in [0.25, 0.3) is 5.91 Å². The van der Waals surface area contributed by atoms with Gasteiger partial charge in [0, 0.05) is 29.8 Å². The lowest BCUT2D eigenvalue weighted by atomic mass is 10.1. The first kappa shape index (κ1) is 18.1. The number of para-hydroxylation sites is 2. The van der Waals surface area contributed by atoms with Crippen LogP contribution in [0, 0.1) is 0 Å². The number of nitrogens with zero attached hydrogens (tertiary/aromatic N) is 1. The van der Waals surface area contributed by atoms with Crippen molar-refractivity contribution in [3.05, 3.63) is 89.2 Å². The molecule has 2 aromatic carbocycles. The molecule has 0 radical (unpaired) electrons. The Balaban J connectivity index is 1.34. The van der Waals surface area contributed by atoms with Crippen molar-refractivity contribution in [3.63, 3.8) is 0 Å². The van der Waals surface area contributed by atoms with Crippen LogP contribution in [0.2, 0.25) is 5.02 Å². The van der Waals surface area contributed by atoms with Crippen LogP contribution in [0.25, 0.3) is 10.9 Å². The summed E-state index contributed by atoms with van der Waals surface area (Å²) in [4.78, 5) is 19.9. The number of fused-ring (bicyclic) bond motifs is 1. The average molecular weight is 391 g/mol. The van der Waals surface area contributed by atoms with Gasteiger partial charge in [-0.05, 0) is 42.3 Å². The van der Waals surface area contributed by atoms with Gasteiger partial charge in [0.2, 0.25) is 0 Å². The first-order valence-electron chi connectivity index (χ1n) is 9.01. The van der Waals surface area contributed by atoms with Crippen molar-refractivity contribution in [2.45, 2.75) is 6.42 Å². The van der Waals surface area contributed by atoms with Crippen molar-refractivity contribution in [2.24, 2.45) is 0 Å². The molecule has 28 heavy (non-hydrogen) atoms. The van der Waals surface area contributed by atoms with E-state index in [2.05, 4.69) is 26.7 Å². The minimum absolute atomic E-state index is 0.142. The topological polar surface area (TPSA) is 69.8 Å². The lowest BCUT2D eigenvalue weighted by Crippen LogP contribution is -2.25. The van der Waals surface area contributed by atoms with Crippen LogP contribution in [-0.4, -0.2) is 22.4 Å². The Bertz CT molecular complexity index is 1100. The van der Waals surface area contributed by atoms with E-state index >= 15 is 0 Å². The van der Waals surface area contributed by atoms with Gasteiger partial charge in [-0.2, -0.15) is 0 Å². The van der Waals surface area contributed by atoms with E-state index in [1.165, 1.54) is 10.9 Å². The number of nitrogens with one attached hydrogen (secondary N) is 3. The molecule has 0 saturated carbocycles.